The van der Waals surface area contributed by atoms with Crippen LogP contribution in [-0.4, -0.2) is 60.3 Å². The zero-order valence-corrected chi connectivity index (χ0v) is 20.0. The van der Waals surface area contributed by atoms with Crippen LogP contribution in [-0.2, 0) is 25.6 Å². The first-order valence-corrected chi connectivity index (χ1v) is 10.9. The number of ether oxygens (including phenoxy) is 4. The zero-order valence-electron chi connectivity index (χ0n) is 20.0. The van der Waals surface area contributed by atoms with Crippen LogP contribution in [0.2, 0.25) is 0 Å². The average molecular weight is 508 g/mol. The quantitative estimate of drug-likeness (QED) is 0.369. The van der Waals surface area contributed by atoms with Crippen LogP contribution in [0.3, 0.4) is 0 Å². The van der Waals surface area contributed by atoms with Gasteiger partial charge in [-0.2, -0.15) is 0 Å². The average Bonchev–Trinajstić information content (AvgIpc) is 2.93. The summed E-state index contributed by atoms with van der Waals surface area (Å²) in [5, 5.41) is 12.3. The first-order valence-electron chi connectivity index (χ1n) is 10.9. The minimum atomic E-state index is -2.17. The molecule has 11 heteroatoms. The van der Waals surface area contributed by atoms with Crippen LogP contribution in [0.1, 0.15) is 26.4 Å². The van der Waals surface area contributed by atoms with Crippen molar-refractivity contribution >= 4 is 23.8 Å². The van der Waals surface area contributed by atoms with Gasteiger partial charge >= 0.3 is 17.9 Å². The second-order valence-corrected chi connectivity index (χ2v) is 7.49. The minimum absolute atomic E-state index is 0.00913. The van der Waals surface area contributed by atoms with Crippen molar-refractivity contribution in [3.8, 4) is 11.5 Å². The number of benzene rings is 2. The van der Waals surface area contributed by atoms with Gasteiger partial charge in [0.25, 0.3) is 5.91 Å². The Balaban J connectivity index is 1.87. The van der Waals surface area contributed by atoms with Crippen LogP contribution < -0.4 is 14.8 Å². The number of nitrogens with one attached hydrogen (secondary N) is 1. The van der Waals surface area contributed by atoms with Crippen LogP contribution in [0.5, 0.6) is 11.5 Å². The number of hydrogen-bond donors (Lipinski definition) is 2. The molecule has 11 nitrogen and oxygen atoms in total. The van der Waals surface area contributed by atoms with Gasteiger partial charge in [0.15, 0.2) is 0 Å². The number of carbonyl (C=O) groups excluding carboxylic acids is 3. The predicted molar refractivity (Wildman–Crippen MR) is 128 cm³/mol. The van der Waals surface area contributed by atoms with Gasteiger partial charge in [-0.1, -0.05) is 18.2 Å². The summed E-state index contributed by atoms with van der Waals surface area (Å²) in [5.41, 5.74) is 0.427. The second kappa shape index (κ2) is 12.7. The van der Waals surface area contributed by atoms with Gasteiger partial charge in [-0.05, 0) is 48.5 Å². The molecule has 192 valence electrons. The van der Waals surface area contributed by atoms with Crippen molar-refractivity contribution in [1.29, 1.82) is 0 Å². The van der Waals surface area contributed by atoms with Gasteiger partial charge in [0.2, 0.25) is 12.2 Å². The fourth-order valence-corrected chi connectivity index (χ4v) is 3.14. The van der Waals surface area contributed by atoms with E-state index < -0.39 is 36.0 Å². The van der Waals surface area contributed by atoms with Crippen molar-refractivity contribution in [3.05, 3.63) is 89.7 Å². The number of esters is 2. The number of pyridine rings is 1. The van der Waals surface area contributed by atoms with Crippen molar-refractivity contribution < 1.29 is 43.2 Å². The van der Waals surface area contributed by atoms with Crippen molar-refractivity contribution in [2.75, 3.05) is 14.2 Å². The standard InChI is InChI=1S/C26H24N2O9/c1-34-19-10-5-7-16(13-19)25(32)36-21(23(29)28-15-18-9-3-4-12-27-18)22(24(30)31)37-26(33)17-8-6-11-20(14-17)35-2/h3-14,21-22H,15H2,1-2H3,(H,28,29)(H,30,31)/t21-,22+/m1/s1. The van der Waals surface area contributed by atoms with E-state index in [4.69, 9.17) is 18.9 Å². The number of aliphatic carboxylic acids is 1. The molecule has 0 radical (unpaired) electrons. The molecule has 0 saturated carbocycles. The molecule has 1 aromatic heterocycles. The van der Waals surface area contributed by atoms with Crippen molar-refractivity contribution in [2.45, 2.75) is 18.8 Å². The number of rotatable bonds is 11. The van der Waals surface area contributed by atoms with E-state index in [1.54, 1.807) is 30.3 Å². The lowest BCUT2D eigenvalue weighted by Gasteiger charge is -2.23. The third kappa shape index (κ3) is 7.28. The molecule has 0 saturated heterocycles. The van der Waals surface area contributed by atoms with Gasteiger partial charge in [0.05, 0.1) is 37.6 Å². The van der Waals surface area contributed by atoms with E-state index in [-0.39, 0.29) is 17.7 Å². The molecule has 1 heterocycles. The molecular formula is C26H24N2O9. The molecule has 2 atom stereocenters. The third-order valence-electron chi connectivity index (χ3n) is 5.03. The number of methoxy groups -OCH3 is 2. The maximum Gasteiger partial charge on any atom is 0.349 e. The Labute approximate surface area is 211 Å². The molecule has 3 rings (SSSR count). The summed E-state index contributed by atoms with van der Waals surface area (Å²) in [6.45, 7) is -0.0942. The smallest absolute Gasteiger partial charge is 0.349 e. The van der Waals surface area contributed by atoms with E-state index in [9.17, 15) is 24.3 Å². The lowest BCUT2D eigenvalue weighted by Crippen LogP contribution is -2.50. The number of carboxylic acids is 1. The second-order valence-electron chi connectivity index (χ2n) is 7.49. The summed E-state index contributed by atoms with van der Waals surface area (Å²) in [6.07, 6.45) is -2.69. The number of carbonyl (C=O) groups is 4. The Morgan fingerprint density at radius 3 is 1.86 bits per heavy atom. The SMILES string of the molecule is COc1cccc(C(=O)O[C@H](C(=O)O)[C@@H](OC(=O)c2cccc(OC)c2)C(=O)NCc2ccccn2)c1. The van der Waals surface area contributed by atoms with Crippen LogP contribution in [0, 0.1) is 0 Å². The van der Waals surface area contributed by atoms with Gasteiger partial charge in [0, 0.05) is 6.20 Å². The van der Waals surface area contributed by atoms with Gasteiger partial charge in [-0.25, -0.2) is 14.4 Å². The highest BCUT2D eigenvalue weighted by atomic mass is 16.6. The zero-order chi connectivity index (χ0) is 26.8. The first-order chi connectivity index (χ1) is 17.8. The van der Waals surface area contributed by atoms with Crippen LogP contribution in [0.4, 0.5) is 0 Å². The molecule has 1 amide bonds. The van der Waals surface area contributed by atoms with Crippen molar-refractivity contribution in [2.24, 2.45) is 0 Å². The van der Waals surface area contributed by atoms with Gasteiger partial charge in [-0.15, -0.1) is 0 Å². The Morgan fingerprint density at radius 2 is 1.38 bits per heavy atom. The van der Waals surface area contributed by atoms with Crippen LogP contribution in [0.15, 0.2) is 72.9 Å². The summed E-state index contributed by atoms with van der Waals surface area (Å²) < 4.78 is 20.6. The van der Waals surface area contributed by atoms with Crippen LogP contribution in [0.25, 0.3) is 0 Å². The van der Waals surface area contributed by atoms with Gasteiger partial charge in [-0.3, -0.25) is 9.78 Å². The lowest BCUT2D eigenvalue weighted by molar-refractivity contribution is -0.159. The maximum atomic E-state index is 13.1. The summed E-state index contributed by atoms with van der Waals surface area (Å²) >= 11 is 0. The highest BCUT2D eigenvalue weighted by molar-refractivity contribution is 5.97. The minimum Gasteiger partial charge on any atom is -0.497 e. The van der Waals surface area contributed by atoms with Gasteiger partial charge in [0.1, 0.15) is 11.5 Å². The molecule has 37 heavy (non-hydrogen) atoms. The first kappa shape index (κ1) is 26.7. The third-order valence-corrected chi connectivity index (χ3v) is 5.03. The molecule has 2 aromatic carbocycles. The molecule has 0 spiro atoms. The lowest BCUT2D eigenvalue weighted by atomic mass is 10.1. The molecule has 0 fully saturated rings. The van der Waals surface area contributed by atoms with E-state index in [1.807, 2.05) is 0 Å². The summed E-state index contributed by atoms with van der Waals surface area (Å²) in [7, 11) is 2.79. The molecule has 0 bridgehead atoms. The molecule has 2 N–H and O–H groups in total. The van der Waals surface area contributed by atoms with E-state index in [0.717, 1.165) is 0 Å². The number of aromatic nitrogens is 1. The van der Waals surface area contributed by atoms with E-state index in [2.05, 4.69) is 10.3 Å². The highest BCUT2D eigenvalue weighted by Gasteiger charge is 2.41. The molecule has 0 aliphatic carbocycles. The molecule has 3 aromatic rings. The number of hydrogen-bond acceptors (Lipinski definition) is 9. The van der Waals surface area contributed by atoms with Crippen molar-refractivity contribution in [3.63, 3.8) is 0 Å². The molecule has 0 unspecified atom stereocenters. The monoisotopic (exact) mass is 508 g/mol. The van der Waals surface area contributed by atoms with E-state index in [0.29, 0.717) is 17.2 Å². The topological polar surface area (TPSA) is 150 Å². The molecular weight excluding hydrogens is 484 g/mol. The van der Waals surface area contributed by atoms with Crippen molar-refractivity contribution in [1.82, 2.24) is 10.3 Å². The highest BCUT2D eigenvalue weighted by Crippen LogP contribution is 2.18. The predicted octanol–water partition coefficient (Wildman–Crippen LogP) is 2.25. The fourth-order valence-electron chi connectivity index (χ4n) is 3.14. The number of amides is 1. The summed E-state index contributed by atoms with van der Waals surface area (Å²) in [5.74, 6) is -4.13. The van der Waals surface area contributed by atoms with Crippen LogP contribution >= 0.6 is 0 Å². The Kier molecular flexibility index (Phi) is 9.14. The fraction of sp³-hybridized carbons (Fsp3) is 0.192. The Hall–Kier alpha value is -4.93. The maximum absolute atomic E-state index is 13.1. The summed E-state index contributed by atoms with van der Waals surface area (Å²) in [4.78, 5) is 54.8. The van der Waals surface area contributed by atoms with E-state index in [1.165, 1.54) is 56.8 Å². The normalized spacial score (nSPS) is 11.9. The van der Waals surface area contributed by atoms with Gasteiger partial charge < -0.3 is 29.4 Å². The Morgan fingerprint density at radius 1 is 0.811 bits per heavy atom. The number of nitrogens with zero attached hydrogens (tertiary/aromatic N) is 1. The van der Waals surface area contributed by atoms with E-state index >= 15 is 0 Å². The summed E-state index contributed by atoms with van der Waals surface area (Å²) in [6, 6.07) is 16.7. The molecule has 0 aliphatic heterocycles. The largest absolute Gasteiger partial charge is 0.497 e. The number of carboxylic acid groups (broad SMARTS) is 1. The Bertz CT molecular complexity index is 1260. The molecule has 0 aliphatic rings.